The number of para-hydroxylation sites is 1. The van der Waals surface area contributed by atoms with Crippen molar-refractivity contribution >= 4 is 5.91 Å². The van der Waals surface area contributed by atoms with Crippen LogP contribution in [0.4, 0.5) is 0 Å². The summed E-state index contributed by atoms with van der Waals surface area (Å²) in [5, 5.41) is 14.7. The van der Waals surface area contributed by atoms with Gasteiger partial charge in [0.15, 0.2) is 6.61 Å². The van der Waals surface area contributed by atoms with Gasteiger partial charge >= 0.3 is 0 Å². The van der Waals surface area contributed by atoms with Gasteiger partial charge in [0.2, 0.25) is 11.7 Å². The van der Waals surface area contributed by atoms with E-state index in [2.05, 4.69) is 20.7 Å². The zero-order valence-electron chi connectivity index (χ0n) is 12.7. The molecule has 0 spiro atoms. The number of rotatable bonds is 7. The van der Waals surface area contributed by atoms with Crippen molar-refractivity contribution < 1.29 is 14.3 Å². The monoisotopic (exact) mass is 317 g/mol. The Morgan fingerprint density at radius 3 is 3.04 bits per heavy atom. The van der Waals surface area contributed by atoms with E-state index in [0.717, 1.165) is 18.8 Å². The summed E-state index contributed by atoms with van der Waals surface area (Å²) in [4.78, 5) is 13.1. The summed E-state index contributed by atoms with van der Waals surface area (Å²) in [5.41, 5.74) is 0. The van der Waals surface area contributed by atoms with E-state index in [0.29, 0.717) is 24.9 Å². The number of tetrazole rings is 1. The quantitative estimate of drug-likeness (QED) is 0.795. The van der Waals surface area contributed by atoms with E-state index in [4.69, 9.17) is 9.47 Å². The molecule has 0 aliphatic carbocycles. The summed E-state index contributed by atoms with van der Waals surface area (Å²) in [5.74, 6) is 1.44. The summed E-state index contributed by atoms with van der Waals surface area (Å²) in [6.07, 6.45) is 0.989. The van der Waals surface area contributed by atoms with Crippen LogP contribution in [0.15, 0.2) is 30.3 Å². The standard InChI is InChI=1S/C15H19N5O3/c21-15(16-8-12-6-7-22-10-12)9-20-18-14(17-19-20)11-23-13-4-2-1-3-5-13/h1-5,12H,6-11H2,(H,16,21)/t12-/m1/s1. The fourth-order valence-corrected chi connectivity index (χ4v) is 2.25. The molecule has 0 saturated carbocycles. The van der Waals surface area contributed by atoms with Gasteiger partial charge in [-0.3, -0.25) is 4.79 Å². The molecule has 1 aliphatic heterocycles. The van der Waals surface area contributed by atoms with Gasteiger partial charge in [-0.25, -0.2) is 0 Å². The normalized spacial score (nSPS) is 17.1. The van der Waals surface area contributed by atoms with Crippen molar-refractivity contribution in [2.45, 2.75) is 19.6 Å². The average Bonchev–Trinajstić information content (AvgIpc) is 3.24. The first-order valence-electron chi connectivity index (χ1n) is 7.58. The molecule has 1 amide bonds. The van der Waals surface area contributed by atoms with Crippen LogP contribution in [0.1, 0.15) is 12.2 Å². The fraction of sp³-hybridized carbons (Fsp3) is 0.467. The lowest BCUT2D eigenvalue weighted by molar-refractivity contribution is -0.122. The molecular formula is C15H19N5O3. The second-order valence-electron chi connectivity index (χ2n) is 5.37. The van der Waals surface area contributed by atoms with Crippen LogP contribution in [0.2, 0.25) is 0 Å². The van der Waals surface area contributed by atoms with Gasteiger partial charge in [0.05, 0.1) is 6.61 Å². The molecule has 8 nitrogen and oxygen atoms in total. The Kier molecular flexibility index (Phi) is 5.15. The molecule has 0 bridgehead atoms. The maximum atomic E-state index is 11.8. The smallest absolute Gasteiger partial charge is 0.243 e. The summed E-state index contributed by atoms with van der Waals surface area (Å²) in [7, 11) is 0. The Hall–Kier alpha value is -2.48. The first-order chi connectivity index (χ1) is 11.3. The molecule has 1 saturated heterocycles. The number of hydrogen-bond donors (Lipinski definition) is 1. The third kappa shape index (κ3) is 4.75. The van der Waals surface area contributed by atoms with E-state index >= 15 is 0 Å². The second kappa shape index (κ2) is 7.68. The first kappa shape index (κ1) is 15.4. The van der Waals surface area contributed by atoms with Gasteiger partial charge < -0.3 is 14.8 Å². The van der Waals surface area contributed by atoms with Crippen LogP contribution in [0.3, 0.4) is 0 Å². The number of ether oxygens (including phenoxy) is 2. The molecule has 23 heavy (non-hydrogen) atoms. The molecule has 2 heterocycles. The molecule has 1 aromatic carbocycles. The van der Waals surface area contributed by atoms with E-state index in [1.165, 1.54) is 4.80 Å². The molecule has 0 radical (unpaired) electrons. The van der Waals surface area contributed by atoms with Crippen molar-refractivity contribution in [1.29, 1.82) is 0 Å². The topological polar surface area (TPSA) is 91.2 Å². The third-order valence-corrected chi connectivity index (χ3v) is 3.50. The molecule has 1 fully saturated rings. The lowest BCUT2D eigenvalue weighted by Crippen LogP contribution is -2.32. The highest BCUT2D eigenvalue weighted by atomic mass is 16.5. The predicted molar refractivity (Wildman–Crippen MR) is 80.5 cm³/mol. The molecular weight excluding hydrogens is 298 g/mol. The van der Waals surface area contributed by atoms with E-state index in [1.54, 1.807) is 0 Å². The molecule has 8 heteroatoms. The van der Waals surface area contributed by atoms with Gasteiger partial charge in [-0.05, 0) is 23.8 Å². The molecule has 1 atom stereocenters. The van der Waals surface area contributed by atoms with Crippen LogP contribution in [0.25, 0.3) is 0 Å². The van der Waals surface area contributed by atoms with E-state index in [-0.39, 0.29) is 19.1 Å². The molecule has 2 aromatic rings. The molecule has 1 N–H and O–H groups in total. The van der Waals surface area contributed by atoms with Gasteiger partial charge in [0, 0.05) is 19.1 Å². The van der Waals surface area contributed by atoms with Gasteiger partial charge in [-0.1, -0.05) is 18.2 Å². The van der Waals surface area contributed by atoms with E-state index < -0.39 is 0 Å². The van der Waals surface area contributed by atoms with Gasteiger partial charge in [-0.2, -0.15) is 4.80 Å². The van der Waals surface area contributed by atoms with Gasteiger partial charge in [-0.15, -0.1) is 10.2 Å². The molecule has 122 valence electrons. The minimum atomic E-state index is -0.134. The van der Waals surface area contributed by atoms with Crippen molar-refractivity contribution in [3.63, 3.8) is 0 Å². The molecule has 1 aliphatic rings. The third-order valence-electron chi connectivity index (χ3n) is 3.50. The number of carbonyl (C=O) groups excluding carboxylic acids is 1. The fourth-order valence-electron chi connectivity index (χ4n) is 2.25. The lowest BCUT2D eigenvalue weighted by Gasteiger charge is -2.08. The number of nitrogens with one attached hydrogen (secondary N) is 1. The van der Waals surface area contributed by atoms with Crippen molar-refractivity contribution in [2.75, 3.05) is 19.8 Å². The highest BCUT2D eigenvalue weighted by molar-refractivity contribution is 5.75. The molecule has 1 aromatic heterocycles. The second-order valence-corrected chi connectivity index (χ2v) is 5.37. The van der Waals surface area contributed by atoms with Crippen LogP contribution in [0.5, 0.6) is 5.75 Å². The number of benzene rings is 1. The van der Waals surface area contributed by atoms with Crippen molar-refractivity contribution in [3.8, 4) is 5.75 Å². The Morgan fingerprint density at radius 1 is 1.39 bits per heavy atom. The zero-order valence-corrected chi connectivity index (χ0v) is 12.7. The SMILES string of the molecule is O=C(Cn1nnc(COc2ccccc2)n1)NC[C@H]1CCOC1. The van der Waals surface area contributed by atoms with E-state index in [1.807, 2.05) is 30.3 Å². The number of carbonyl (C=O) groups is 1. The Balaban J connectivity index is 1.42. The minimum Gasteiger partial charge on any atom is -0.485 e. The van der Waals surface area contributed by atoms with Crippen LogP contribution in [-0.4, -0.2) is 45.9 Å². The summed E-state index contributed by atoms with van der Waals surface area (Å²) in [6, 6.07) is 9.39. The van der Waals surface area contributed by atoms with Crippen LogP contribution < -0.4 is 10.1 Å². The predicted octanol–water partition coefficient (Wildman–Crippen LogP) is 0.405. The Bertz CT molecular complexity index is 625. The number of nitrogens with zero attached hydrogens (tertiary/aromatic N) is 4. The number of hydrogen-bond acceptors (Lipinski definition) is 6. The van der Waals surface area contributed by atoms with Gasteiger partial charge in [0.1, 0.15) is 12.3 Å². The summed E-state index contributed by atoms with van der Waals surface area (Å²) in [6.45, 7) is 2.37. The Morgan fingerprint density at radius 2 is 2.26 bits per heavy atom. The first-order valence-corrected chi connectivity index (χ1v) is 7.58. The maximum Gasteiger partial charge on any atom is 0.243 e. The van der Waals surface area contributed by atoms with Crippen molar-refractivity contribution in [3.05, 3.63) is 36.2 Å². The molecule has 3 rings (SSSR count). The lowest BCUT2D eigenvalue weighted by atomic mass is 10.1. The Labute approximate surface area is 133 Å². The highest BCUT2D eigenvalue weighted by Crippen LogP contribution is 2.10. The van der Waals surface area contributed by atoms with Crippen molar-refractivity contribution in [2.24, 2.45) is 5.92 Å². The number of amides is 1. The summed E-state index contributed by atoms with van der Waals surface area (Å²) < 4.78 is 10.8. The number of aromatic nitrogens is 4. The summed E-state index contributed by atoms with van der Waals surface area (Å²) >= 11 is 0. The minimum absolute atomic E-state index is 0.0475. The maximum absolute atomic E-state index is 11.8. The van der Waals surface area contributed by atoms with Crippen LogP contribution in [-0.2, 0) is 22.7 Å². The molecule has 0 unspecified atom stereocenters. The largest absolute Gasteiger partial charge is 0.485 e. The zero-order chi connectivity index (χ0) is 15.9. The van der Waals surface area contributed by atoms with Crippen molar-refractivity contribution in [1.82, 2.24) is 25.5 Å². The van der Waals surface area contributed by atoms with E-state index in [9.17, 15) is 4.79 Å². The van der Waals surface area contributed by atoms with Crippen LogP contribution >= 0.6 is 0 Å². The average molecular weight is 317 g/mol. The van der Waals surface area contributed by atoms with Gasteiger partial charge in [0.25, 0.3) is 0 Å². The highest BCUT2D eigenvalue weighted by Gasteiger charge is 2.16. The van der Waals surface area contributed by atoms with Crippen LogP contribution in [0, 0.1) is 5.92 Å².